The number of rotatable bonds is 6. The Labute approximate surface area is 150 Å². The summed E-state index contributed by atoms with van der Waals surface area (Å²) in [5.74, 6) is 2.52. The molecule has 0 aliphatic carbocycles. The average molecular weight is 420 g/mol. The van der Waals surface area contributed by atoms with E-state index in [0.717, 1.165) is 24.2 Å². The number of halogens is 1. The molecule has 0 aromatic carbocycles. The Balaban J connectivity index is 0.00000242. The van der Waals surface area contributed by atoms with E-state index < -0.39 is 0 Å². The van der Waals surface area contributed by atoms with E-state index in [-0.39, 0.29) is 24.0 Å². The third kappa shape index (κ3) is 6.56. The summed E-state index contributed by atoms with van der Waals surface area (Å²) in [5, 5.41) is 6.70. The quantitative estimate of drug-likeness (QED) is 0.422. The van der Waals surface area contributed by atoms with Crippen LogP contribution in [0.25, 0.3) is 0 Å². The van der Waals surface area contributed by atoms with Gasteiger partial charge in [-0.1, -0.05) is 6.92 Å². The second-order valence-corrected chi connectivity index (χ2v) is 5.67. The molecular weight excluding hydrogens is 391 g/mol. The lowest BCUT2D eigenvalue weighted by molar-refractivity contribution is 0.185. The molecule has 0 amide bonds. The van der Waals surface area contributed by atoms with Gasteiger partial charge in [0, 0.05) is 13.6 Å². The van der Waals surface area contributed by atoms with E-state index in [2.05, 4.69) is 27.4 Å². The molecule has 2 heterocycles. The standard InChI is InChI=1S/C16H28N4O.HI/c1-3-8-20-9-6-14(7-10-20)12-18-16(17-2)19-13-15-5-4-11-21-15;/h4-5,11,14H,3,6-10,12-13H2,1-2H3,(H2,17,18,19);1H. The van der Waals surface area contributed by atoms with Crippen LogP contribution in [0.4, 0.5) is 0 Å². The molecule has 1 aromatic rings. The van der Waals surface area contributed by atoms with Crippen LogP contribution >= 0.6 is 24.0 Å². The first-order valence-electron chi connectivity index (χ1n) is 8.01. The third-order valence-corrected chi connectivity index (χ3v) is 4.04. The number of nitrogens with one attached hydrogen (secondary N) is 2. The highest BCUT2D eigenvalue weighted by atomic mass is 127. The summed E-state index contributed by atoms with van der Waals surface area (Å²) in [7, 11) is 1.81. The van der Waals surface area contributed by atoms with E-state index in [0.29, 0.717) is 6.54 Å². The Bertz CT molecular complexity index is 414. The largest absolute Gasteiger partial charge is 0.467 e. The maximum atomic E-state index is 5.31. The van der Waals surface area contributed by atoms with Gasteiger partial charge in [0.1, 0.15) is 5.76 Å². The van der Waals surface area contributed by atoms with Gasteiger partial charge in [-0.05, 0) is 56.9 Å². The van der Waals surface area contributed by atoms with Gasteiger partial charge in [-0.2, -0.15) is 0 Å². The van der Waals surface area contributed by atoms with Gasteiger partial charge in [-0.25, -0.2) is 0 Å². The van der Waals surface area contributed by atoms with Crippen molar-refractivity contribution in [1.82, 2.24) is 15.5 Å². The van der Waals surface area contributed by atoms with E-state index in [1.165, 1.54) is 38.9 Å². The van der Waals surface area contributed by atoms with Gasteiger partial charge in [0.15, 0.2) is 5.96 Å². The van der Waals surface area contributed by atoms with Crippen LogP contribution in [-0.2, 0) is 6.54 Å². The van der Waals surface area contributed by atoms with Crippen molar-refractivity contribution in [2.45, 2.75) is 32.7 Å². The Morgan fingerprint density at radius 2 is 2.14 bits per heavy atom. The van der Waals surface area contributed by atoms with Gasteiger partial charge in [-0.15, -0.1) is 24.0 Å². The molecule has 0 saturated carbocycles. The highest BCUT2D eigenvalue weighted by Gasteiger charge is 2.18. The molecule has 22 heavy (non-hydrogen) atoms. The van der Waals surface area contributed by atoms with E-state index in [1.54, 1.807) is 13.3 Å². The zero-order chi connectivity index (χ0) is 14.9. The van der Waals surface area contributed by atoms with Crippen LogP contribution in [0.3, 0.4) is 0 Å². The van der Waals surface area contributed by atoms with Crippen LogP contribution < -0.4 is 10.6 Å². The minimum Gasteiger partial charge on any atom is -0.467 e. The van der Waals surface area contributed by atoms with Crippen molar-refractivity contribution in [3.63, 3.8) is 0 Å². The van der Waals surface area contributed by atoms with Crippen LogP contribution in [0.1, 0.15) is 31.9 Å². The summed E-state index contributed by atoms with van der Waals surface area (Å²) >= 11 is 0. The second-order valence-electron chi connectivity index (χ2n) is 5.67. The number of likely N-dealkylation sites (tertiary alicyclic amines) is 1. The van der Waals surface area contributed by atoms with Crippen molar-refractivity contribution >= 4 is 29.9 Å². The summed E-state index contributed by atoms with van der Waals surface area (Å²) < 4.78 is 5.31. The highest BCUT2D eigenvalue weighted by Crippen LogP contribution is 2.16. The second kappa shape index (κ2) is 10.9. The zero-order valence-corrected chi connectivity index (χ0v) is 16.0. The number of hydrogen-bond donors (Lipinski definition) is 2. The predicted molar refractivity (Wildman–Crippen MR) is 102 cm³/mol. The maximum Gasteiger partial charge on any atom is 0.191 e. The van der Waals surface area contributed by atoms with Gasteiger partial charge in [0.2, 0.25) is 0 Å². The normalized spacial score (nSPS) is 17.1. The average Bonchev–Trinajstić information content (AvgIpc) is 3.03. The molecule has 6 heteroatoms. The van der Waals surface area contributed by atoms with Crippen molar-refractivity contribution in [1.29, 1.82) is 0 Å². The molecule has 0 spiro atoms. The Kier molecular flexibility index (Phi) is 9.54. The molecule has 2 N–H and O–H groups in total. The fraction of sp³-hybridized carbons (Fsp3) is 0.688. The van der Waals surface area contributed by atoms with Gasteiger partial charge in [0.05, 0.1) is 12.8 Å². The third-order valence-electron chi connectivity index (χ3n) is 4.04. The summed E-state index contributed by atoms with van der Waals surface area (Å²) in [6, 6.07) is 3.86. The fourth-order valence-electron chi connectivity index (χ4n) is 2.78. The Morgan fingerprint density at radius 3 is 2.73 bits per heavy atom. The maximum absolute atomic E-state index is 5.31. The van der Waals surface area contributed by atoms with Gasteiger partial charge in [0.25, 0.3) is 0 Å². The molecule has 2 rings (SSSR count). The topological polar surface area (TPSA) is 52.8 Å². The lowest BCUT2D eigenvalue weighted by Crippen LogP contribution is -2.42. The van der Waals surface area contributed by atoms with Crippen molar-refractivity contribution in [2.24, 2.45) is 10.9 Å². The first-order chi connectivity index (χ1) is 10.3. The molecule has 126 valence electrons. The molecule has 5 nitrogen and oxygen atoms in total. The van der Waals surface area contributed by atoms with Crippen LogP contribution in [-0.4, -0.2) is 44.1 Å². The number of furan rings is 1. The van der Waals surface area contributed by atoms with Crippen LogP contribution in [0.15, 0.2) is 27.8 Å². The van der Waals surface area contributed by atoms with Crippen molar-refractivity contribution in [2.75, 3.05) is 33.2 Å². The van der Waals surface area contributed by atoms with Crippen LogP contribution in [0.2, 0.25) is 0 Å². The molecule has 1 aliphatic rings. The SMILES string of the molecule is CCCN1CCC(CNC(=NC)NCc2ccco2)CC1.I. The first-order valence-corrected chi connectivity index (χ1v) is 8.01. The lowest BCUT2D eigenvalue weighted by atomic mass is 9.97. The molecule has 1 fully saturated rings. The van der Waals surface area contributed by atoms with Crippen LogP contribution in [0, 0.1) is 5.92 Å². The van der Waals surface area contributed by atoms with Gasteiger partial charge >= 0.3 is 0 Å². The number of guanidine groups is 1. The molecule has 0 atom stereocenters. The first kappa shape index (κ1) is 19.3. The number of piperidine rings is 1. The molecule has 0 unspecified atom stereocenters. The molecular formula is C16H29IN4O. The molecule has 0 radical (unpaired) electrons. The summed E-state index contributed by atoms with van der Waals surface area (Å²) in [6.07, 6.45) is 5.51. The summed E-state index contributed by atoms with van der Waals surface area (Å²) in [4.78, 5) is 6.83. The molecule has 1 aliphatic heterocycles. The molecule has 1 saturated heterocycles. The number of nitrogens with zero attached hydrogens (tertiary/aromatic N) is 2. The van der Waals surface area contributed by atoms with Crippen molar-refractivity contribution in [3.8, 4) is 0 Å². The summed E-state index contributed by atoms with van der Waals surface area (Å²) in [6.45, 7) is 7.63. The van der Waals surface area contributed by atoms with E-state index in [1.807, 2.05) is 12.1 Å². The highest BCUT2D eigenvalue weighted by molar-refractivity contribution is 14.0. The Morgan fingerprint density at radius 1 is 1.36 bits per heavy atom. The van der Waals surface area contributed by atoms with Crippen molar-refractivity contribution < 1.29 is 4.42 Å². The smallest absolute Gasteiger partial charge is 0.191 e. The monoisotopic (exact) mass is 420 g/mol. The van der Waals surface area contributed by atoms with E-state index in [4.69, 9.17) is 4.42 Å². The van der Waals surface area contributed by atoms with Crippen LogP contribution in [0.5, 0.6) is 0 Å². The van der Waals surface area contributed by atoms with Gasteiger partial charge in [-0.3, -0.25) is 4.99 Å². The van der Waals surface area contributed by atoms with Crippen molar-refractivity contribution in [3.05, 3.63) is 24.2 Å². The molecule has 1 aromatic heterocycles. The minimum atomic E-state index is 0. The minimum absolute atomic E-state index is 0. The summed E-state index contributed by atoms with van der Waals surface area (Å²) in [5.41, 5.74) is 0. The fourth-order valence-corrected chi connectivity index (χ4v) is 2.78. The lowest BCUT2D eigenvalue weighted by Gasteiger charge is -2.32. The number of aliphatic imine (C=N–C) groups is 1. The zero-order valence-electron chi connectivity index (χ0n) is 13.7. The Hall–Kier alpha value is -0.760. The number of hydrogen-bond acceptors (Lipinski definition) is 3. The molecule has 0 bridgehead atoms. The predicted octanol–water partition coefficient (Wildman–Crippen LogP) is 2.68. The van der Waals surface area contributed by atoms with Gasteiger partial charge < -0.3 is 20.0 Å². The van der Waals surface area contributed by atoms with E-state index in [9.17, 15) is 0 Å². The van der Waals surface area contributed by atoms with E-state index >= 15 is 0 Å².